The predicted octanol–water partition coefficient (Wildman–Crippen LogP) is 0.354. The SMILES string of the molecule is C#Cc1nc(C#C)c(C#C)[nH]1. The first kappa shape index (κ1) is 7.00. The quantitative estimate of drug-likeness (QED) is 0.518. The van der Waals surface area contributed by atoms with Crippen LogP contribution in [0.2, 0.25) is 0 Å². The van der Waals surface area contributed by atoms with Crippen molar-refractivity contribution in [3.05, 3.63) is 17.2 Å². The van der Waals surface area contributed by atoms with Gasteiger partial charge in [0.15, 0.2) is 5.82 Å². The zero-order valence-electron chi connectivity index (χ0n) is 5.68. The van der Waals surface area contributed by atoms with Gasteiger partial charge in [-0.1, -0.05) is 0 Å². The monoisotopic (exact) mass is 140 g/mol. The molecule has 11 heavy (non-hydrogen) atoms. The van der Waals surface area contributed by atoms with Crippen LogP contribution in [0, 0.1) is 37.0 Å². The third kappa shape index (κ3) is 1.08. The van der Waals surface area contributed by atoms with Crippen molar-refractivity contribution in [2.24, 2.45) is 0 Å². The molecule has 0 saturated carbocycles. The number of hydrogen-bond acceptors (Lipinski definition) is 1. The second-order valence-corrected chi connectivity index (χ2v) is 1.74. The number of rotatable bonds is 0. The normalized spacial score (nSPS) is 7.73. The molecule has 0 fully saturated rings. The maximum atomic E-state index is 5.11. The first-order valence-corrected chi connectivity index (χ1v) is 2.81. The smallest absolute Gasteiger partial charge is 0.184 e. The van der Waals surface area contributed by atoms with Crippen LogP contribution in [0.15, 0.2) is 0 Å². The van der Waals surface area contributed by atoms with E-state index < -0.39 is 0 Å². The van der Waals surface area contributed by atoms with E-state index in [-0.39, 0.29) is 0 Å². The number of nitrogens with one attached hydrogen (secondary N) is 1. The zero-order chi connectivity index (χ0) is 8.27. The summed E-state index contributed by atoms with van der Waals surface area (Å²) in [5.74, 6) is 7.33. The van der Waals surface area contributed by atoms with E-state index >= 15 is 0 Å². The van der Waals surface area contributed by atoms with Crippen LogP contribution in [0.4, 0.5) is 0 Å². The Bertz CT molecular complexity index is 359. The summed E-state index contributed by atoms with van der Waals surface area (Å²) < 4.78 is 0. The molecule has 0 aliphatic rings. The van der Waals surface area contributed by atoms with Crippen LogP contribution in [-0.2, 0) is 0 Å². The highest BCUT2D eigenvalue weighted by Gasteiger charge is 2.02. The van der Waals surface area contributed by atoms with Gasteiger partial charge in [-0.2, -0.15) is 0 Å². The fourth-order valence-corrected chi connectivity index (χ4v) is 0.651. The Morgan fingerprint density at radius 1 is 1.09 bits per heavy atom. The molecule has 50 valence electrons. The highest BCUT2D eigenvalue weighted by Crippen LogP contribution is 2.01. The van der Waals surface area contributed by atoms with Crippen molar-refractivity contribution in [1.82, 2.24) is 9.97 Å². The van der Waals surface area contributed by atoms with Gasteiger partial charge < -0.3 is 4.98 Å². The molecule has 0 bridgehead atoms. The van der Waals surface area contributed by atoms with E-state index in [4.69, 9.17) is 19.3 Å². The lowest BCUT2D eigenvalue weighted by molar-refractivity contribution is 1.24. The molecule has 0 unspecified atom stereocenters. The molecule has 2 nitrogen and oxygen atoms in total. The van der Waals surface area contributed by atoms with Crippen LogP contribution in [0.3, 0.4) is 0 Å². The molecule has 2 heteroatoms. The van der Waals surface area contributed by atoms with E-state index in [1.165, 1.54) is 0 Å². The number of aromatic amines is 1. The molecule has 0 saturated heterocycles. The number of imidazole rings is 1. The lowest BCUT2D eigenvalue weighted by Gasteiger charge is -1.78. The van der Waals surface area contributed by atoms with Crippen LogP contribution >= 0.6 is 0 Å². The Balaban J connectivity index is 3.32. The molecule has 0 aliphatic heterocycles. The molecule has 1 aromatic heterocycles. The van der Waals surface area contributed by atoms with Crippen LogP contribution in [-0.4, -0.2) is 9.97 Å². The fourth-order valence-electron chi connectivity index (χ4n) is 0.651. The Kier molecular flexibility index (Phi) is 1.69. The number of aromatic nitrogens is 2. The molecule has 0 aromatic carbocycles. The van der Waals surface area contributed by atoms with Gasteiger partial charge in [0, 0.05) is 0 Å². The van der Waals surface area contributed by atoms with Gasteiger partial charge in [-0.3, -0.25) is 0 Å². The van der Waals surface area contributed by atoms with Gasteiger partial charge in [0.05, 0.1) is 0 Å². The number of H-pyrrole nitrogens is 1. The van der Waals surface area contributed by atoms with Gasteiger partial charge in [-0.15, -0.1) is 19.3 Å². The van der Waals surface area contributed by atoms with Gasteiger partial charge in [0.2, 0.25) is 0 Å². The average molecular weight is 140 g/mol. The molecule has 1 aromatic rings. The summed E-state index contributed by atoms with van der Waals surface area (Å²) in [6.45, 7) is 0. The van der Waals surface area contributed by atoms with Crippen molar-refractivity contribution in [3.63, 3.8) is 0 Å². The van der Waals surface area contributed by atoms with Gasteiger partial charge in [0.25, 0.3) is 0 Å². The molecule has 1 rings (SSSR count). The zero-order valence-corrected chi connectivity index (χ0v) is 5.68. The molecule has 0 amide bonds. The van der Waals surface area contributed by atoms with E-state index in [0.29, 0.717) is 17.2 Å². The first-order valence-electron chi connectivity index (χ1n) is 2.81. The number of nitrogens with zero attached hydrogens (tertiary/aromatic N) is 1. The topological polar surface area (TPSA) is 28.7 Å². The standard InChI is InChI=1S/C9H4N2/c1-4-7-8(5-2)11-9(6-3)10-7/h1-3H,(H,10,11). The molecular weight excluding hydrogens is 136 g/mol. The number of hydrogen-bond donors (Lipinski definition) is 1. The summed E-state index contributed by atoms with van der Waals surface area (Å²) in [4.78, 5) is 6.55. The molecular formula is C9H4N2. The third-order valence-electron chi connectivity index (χ3n) is 1.12. The Morgan fingerprint density at radius 2 is 1.82 bits per heavy atom. The molecule has 1 N–H and O–H groups in total. The van der Waals surface area contributed by atoms with E-state index in [2.05, 4.69) is 27.7 Å². The van der Waals surface area contributed by atoms with E-state index in [1.807, 2.05) is 0 Å². The van der Waals surface area contributed by atoms with Gasteiger partial charge in [-0.05, 0) is 17.8 Å². The second-order valence-electron chi connectivity index (χ2n) is 1.74. The van der Waals surface area contributed by atoms with Crippen LogP contribution in [0.1, 0.15) is 17.2 Å². The van der Waals surface area contributed by atoms with Crippen molar-refractivity contribution in [2.75, 3.05) is 0 Å². The van der Waals surface area contributed by atoms with E-state index in [0.717, 1.165) is 0 Å². The first-order chi connectivity index (χ1) is 5.31. The summed E-state index contributed by atoms with van der Waals surface area (Å²) in [6, 6.07) is 0. The second kappa shape index (κ2) is 2.65. The molecule has 0 atom stereocenters. The maximum absolute atomic E-state index is 5.11. The Hall–Kier alpha value is -2.11. The minimum absolute atomic E-state index is 0.367. The highest BCUT2D eigenvalue weighted by molar-refractivity contribution is 5.42. The van der Waals surface area contributed by atoms with Crippen molar-refractivity contribution >= 4 is 0 Å². The Labute approximate surface area is 65.0 Å². The maximum Gasteiger partial charge on any atom is 0.184 e. The average Bonchev–Trinajstić information content (AvgIpc) is 2.46. The van der Waals surface area contributed by atoms with Gasteiger partial charge in [-0.25, -0.2) is 4.98 Å². The third-order valence-corrected chi connectivity index (χ3v) is 1.12. The van der Waals surface area contributed by atoms with Crippen LogP contribution in [0.25, 0.3) is 0 Å². The fraction of sp³-hybridized carbons (Fsp3) is 0. The molecule has 0 aliphatic carbocycles. The molecule has 1 heterocycles. The minimum Gasteiger partial charge on any atom is -0.324 e. The largest absolute Gasteiger partial charge is 0.324 e. The summed E-state index contributed by atoms with van der Waals surface area (Å²) in [5, 5.41) is 0. The summed E-state index contributed by atoms with van der Waals surface area (Å²) in [5.41, 5.74) is 0.848. The minimum atomic E-state index is 0.367. The predicted molar refractivity (Wildman–Crippen MR) is 42.4 cm³/mol. The lowest BCUT2D eigenvalue weighted by atomic mass is 10.3. The lowest BCUT2D eigenvalue weighted by Crippen LogP contribution is -1.77. The summed E-state index contributed by atoms with van der Waals surface area (Å²) >= 11 is 0. The van der Waals surface area contributed by atoms with Crippen molar-refractivity contribution in [3.8, 4) is 37.0 Å². The summed E-state index contributed by atoms with van der Waals surface area (Å²) in [7, 11) is 0. The Morgan fingerprint density at radius 3 is 2.18 bits per heavy atom. The summed E-state index contributed by atoms with van der Waals surface area (Å²) in [6.07, 6.45) is 15.3. The van der Waals surface area contributed by atoms with E-state index in [9.17, 15) is 0 Å². The molecule has 0 spiro atoms. The van der Waals surface area contributed by atoms with E-state index in [1.54, 1.807) is 0 Å². The number of terminal acetylenes is 3. The van der Waals surface area contributed by atoms with Crippen LogP contribution < -0.4 is 0 Å². The van der Waals surface area contributed by atoms with Crippen LogP contribution in [0.5, 0.6) is 0 Å². The van der Waals surface area contributed by atoms with Gasteiger partial charge in [0.1, 0.15) is 11.4 Å². The van der Waals surface area contributed by atoms with Gasteiger partial charge >= 0.3 is 0 Å². The van der Waals surface area contributed by atoms with Crippen molar-refractivity contribution in [1.29, 1.82) is 0 Å². The molecule has 0 radical (unpaired) electrons. The highest BCUT2D eigenvalue weighted by atomic mass is 14.9. The van der Waals surface area contributed by atoms with Crippen molar-refractivity contribution < 1.29 is 0 Å². The van der Waals surface area contributed by atoms with Crippen molar-refractivity contribution in [2.45, 2.75) is 0 Å².